The van der Waals surface area contributed by atoms with Gasteiger partial charge in [-0.15, -0.1) is 0 Å². The van der Waals surface area contributed by atoms with Crippen molar-refractivity contribution in [2.75, 3.05) is 6.61 Å². The molecule has 0 unspecified atom stereocenters. The van der Waals surface area contributed by atoms with Gasteiger partial charge in [0.15, 0.2) is 0 Å². The van der Waals surface area contributed by atoms with Gasteiger partial charge in [0.05, 0.1) is 18.3 Å². The number of carbonyl (C=O) groups is 1. The zero-order valence-corrected chi connectivity index (χ0v) is 10.9. The number of rotatable bonds is 5. The maximum atomic E-state index is 11.8. The summed E-state index contributed by atoms with van der Waals surface area (Å²) >= 11 is 0. The average Bonchev–Trinajstić information content (AvgIpc) is 2.36. The van der Waals surface area contributed by atoms with E-state index in [9.17, 15) is 9.90 Å². The summed E-state index contributed by atoms with van der Waals surface area (Å²) in [6, 6.07) is 0. The van der Waals surface area contributed by atoms with Crippen molar-refractivity contribution in [3.05, 3.63) is 11.6 Å². The number of ether oxygens (including phenoxy) is 1. The van der Waals surface area contributed by atoms with Gasteiger partial charge in [-0.05, 0) is 32.1 Å². The summed E-state index contributed by atoms with van der Waals surface area (Å²) in [6.45, 7) is 4.11. The van der Waals surface area contributed by atoms with Crippen molar-refractivity contribution in [1.29, 1.82) is 0 Å². The van der Waals surface area contributed by atoms with Gasteiger partial charge in [-0.25, -0.2) is 4.79 Å². The van der Waals surface area contributed by atoms with Crippen LogP contribution in [-0.2, 0) is 9.53 Å². The Morgan fingerprint density at radius 2 is 2.00 bits per heavy atom. The molecular weight excluding hydrogens is 216 g/mol. The first-order valence-corrected chi connectivity index (χ1v) is 6.75. The maximum Gasteiger partial charge on any atom is 0.336 e. The van der Waals surface area contributed by atoms with Crippen molar-refractivity contribution < 1.29 is 14.6 Å². The van der Waals surface area contributed by atoms with Crippen LogP contribution in [0, 0.1) is 5.92 Å². The van der Waals surface area contributed by atoms with E-state index in [2.05, 4.69) is 0 Å². The molecule has 0 aromatic carbocycles. The standard InChI is InChI=1S/C14H24O3/c1-3-8-12(14(16)17-4-2)13(15)11-9-6-5-7-10-11/h8,11,13,15H,3-7,9-10H2,1-2H3/b12-8-/t13-/m1/s1. The number of esters is 1. The Kier molecular flexibility index (Phi) is 6.27. The lowest BCUT2D eigenvalue weighted by molar-refractivity contribution is -0.140. The summed E-state index contributed by atoms with van der Waals surface area (Å²) in [5, 5.41) is 10.3. The van der Waals surface area contributed by atoms with Crippen molar-refractivity contribution in [2.45, 2.75) is 58.5 Å². The third kappa shape index (κ3) is 4.15. The molecule has 0 aromatic rings. The first-order chi connectivity index (χ1) is 8.20. The zero-order chi connectivity index (χ0) is 12.7. The third-order valence-corrected chi connectivity index (χ3v) is 3.35. The average molecular weight is 240 g/mol. The topological polar surface area (TPSA) is 46.5 Å². The highest BCUT2D eigenvalue weighted by atomic mass is 16.5. The minimum Gasteiger partial charge on any atom is -0.463 e. The van der Waals surface area contributed by atoms with Gasteiger partial charge in [0.2, 0.25) is 0 Å². The molecule has 98 valence electrons. The highest BCUT2D eigenvalue weighted by Gasteiger charge is 2.28. The monoisotopic (exact) mass is 240 g/mol. The van der Waals surface area contributed by atoms with Crippen LogP contribution in [0.5, 0.6) is 0 Å². The molecule has 0 radical (unpaired) electrons. The lowest BCUT2D eigenvalue weighted by Crippen LogP contribution is -2.29. The van der Waals surface area contributed by atoms with E-state index in [0.717, 1.165) is 32.1 Å². The molecule has 0 spiro atoms. The Morgan fingerprint density at radius 1 is 1.35 bits per heavy atom. The highest BCUT2D eigenvalue weighted by molar-refractivity contribution is 5.89. The van der Waals surface area contributed by atoms with E-state index < -0.39 is 6.10 Å². The Morgan fingerprint density at radius 3 is 2.53 bits per heavy atom. The van der Waals surface area contributed by atoms with Crippen molar-refractivity contribution in [2.24, 2.45) is 5.92 Å². The van der Waals surface area contributed by atoms with Crippen molar-refractivity contribution >= 4 is 5.97 Å². The molecule has 1 saturated carbocycles. The Bertz CT molecular complexity index is 265. The van der Waals surface area contributed by atoms with Crippen LogP contribution >= 0.6 is 0 Å². The molecule has 0 heterocycles. The molecule has 0 aliphatic heterocycles. The second-order valence-electron chi connectivity index (χ2n) is 4.63. The van der Waals surface area contributed by atoms with Crippen LogP contribution in [-0.4, -0.2) is 23.8 Å². The first-order valence-electron chi connectivity index (χ1n) is 6.75. The molecule has 17 heavy (non-hydrogen) atoms. The first kappa shape index (κ1) is 14.2. The maximum absolute atomic E-state index is 11.8. The van der Waals surface area contributed by atoms with E-state index >= 15 is 0 Å². The molecular formula is C14H24O3. The minimum atomic E-state index is -0.644. The number of carbonyl (C=O) groups excluding carboxylic acids is 1. The van der Waals surface area contributed by atoms with Gasteiger partial charge in [0.1, 0.15) is 0 Å². The number of hydrogen-bond acceptors (Lipinski definition) is 3. The zero-order valence-electron chi connectivity index (χ0n) is 10.9. The summed E-state index contributed by atoms with van der Waals surface area (Å²) in [6.07, 6.45) is 7.50. The van der Waals surface area contributed by atoms with E-state index in [0.29, 0.717) is 12.2 Å². The van der Waals surface area contributed by atoms with Crippen LogP contribution in [0.2, 0.25) is 0 Å². The van der Waals surface area contributed by atoms with E-state index in [1.165, 1.54) is 6.42 Å². The summed E-state index contributed by atoms with van der Waals surface area (Å²) in [5.74, 6) is -0.127. The van der Waals surface area contributed by atoms with E-state index in [4.69, 9.17) is 4.74 Å². The van der Waals surface area contributed by atoms with Crippen LogP contribution in [0.4, 0.5) is 0 Å². The van der Waals surface area contributed by atoms with E-state index in [1.54, 1.807) is 13.0 Å². The highest BCUT2D eigenvalue weighted by Crippen LogP contribution is 2.29. The van der Waals surface area contributed by atoms with Crippen LogP contribution in [0.15, 0.2) is 11.6 Å². The Balaban J connectivity index is 2.68. The molecule has 3 heteroatoms. The van der Waals surface area contributed by atoms with E-state index in [1.807, 2.05) is 6.92 Å². The molecule has 0 bridgehead atoms. The lowest BCUT2D eigenvalue weighted by atomic mass is 9.82. The molecule has 1 rings (SSSR count). The summed E-state index contributed by atoms with van der Waals surface area (Å²) in [4.78, 5) is 11.8. The predicted octanol–water partition coefficient (Wildman–Crippen LogP) is 2.83. The van der Waals surface area contributed by atoms with Gasteiger partial charge in [0.25, 0.3) is 0 Å². The van der Waals surface area contributed by atoms with Crippen LogP contribution in [0.3, 0.4) is 0 Å². The largest absolute Gasteiger partial charge is 0.463 e. The molecule has 0 aromatic heterocycles. The number of hydrogen-bond donors (Lipinski definition) is 1. The third-order valence-electron chi connectivity index (χ3n) is 3.35. The van der Waals surface area contributed by atoms with Crippen molar-refractivity contribution in [3.8, 4) is 0 Å². The smallest absolute Gasteiger partial charge is 0.336 e. The molecule has 1 aliphatic rings. The Labute approximate surface area is 104 Å². The molecule has 1 fully saturated rings. The molecule has 1 N–H and O–H groups in total. The van der Waals surface area contributed by atoms with Crippen LogP contribution < -0.4 is 0 Å². The van der Waals surface area contributed by atoms with E-state index in [-0.39, 0.29) is 11.9 Å². The van der Waals surface area contributed by atoms with Crippen LogP contribution in [0.25, 0.3) is 0 Å². The van der Waals surface area contributed by atoms with Gasteiger partial charge < -0.3 is 9.84 Å². The fourth-order valence-electron chi connectivity index (χ4n) is 2.46. The van der Waals surface area contributed by atoms with Gasteiger partial charge in [-0.2, -0.15) is 0 Å². The lowest BCUT2D eigenvalue weighted by Gasteiger charge is -2.27. The predicted molar refractivity (Wildman–Crippen MR) is 67.6 cm³/mol. The fourth-order valence-corrected chi connectivity index (χ4v) is 2.46. The molecule has 0 saturated heterocycles. The fraction of sp³-hybridized carbons (Fsp3) is 0.786. The quantitative estimate of drug-likeness (QED) is 0.593. The SMILES string of the molecule is CC/C=C(\C(=O)OCC)[C@H](O)C1CCCCC1. The van der Waals surface area contributed by atoms with Crippen LogP contribution in [0.1, 0.15) is 52.4 Å². The summed E-state index contributed by atoms with van der Waals surface area (Å²) in [7, 11) is 0. The number of aliphatic hydroxyl groups is 1. The second-order valence-corrected chi connectivity index (χ2v) is 4.63. The minimum absolute atomic E-state index is 0.228. The molecule has 3 nitrogen and oxygen atoms in total. The summed E-state index contributed by atoms with van der Waals surface area (Å²) in [5.41, 5.74) is 0.459. The van der Waals surface area contributed by atoms with Gasteiger partial charge in [-0.3, -0.25) is 0 Å². The molecule has 1 atom stereocenters. The second kappa shape index (κ2) is 7.49. The van der Waals surface area contributed by atoms with Gasteiger partial charge in [0, 0.05) is 0 Å². The number of aliphatic hydroxyl groups excluding tert-OH is 1. The van der Waals surface area contributed by atoms with Crippen molar-refractivity contribution in [3.63, 3.8) is 0 Å². The normalized spacial score (nSPS) is 20.1. The Hall–Kier alpha value is -0.830. The molecule has 1 aliphatic carbocycles. The van der Waals surface area contributed by atoms with Gasteiger partial charge >= 0.3 is 5.97 Å². The van der Waals surface area contributed by atoms with Gasteiger partial charge in [-0.1, -0.05) is 32.3 Å². The summed E-state index contributed by atoms with van der Waals surface area (Å²) < 4.78 is 5.00. The number of allylic oxidation sites excluding steroid dienone is 1. The van der Waals surface area contributed by atoms with Crippen molar-refractivity contribution in [1.82, 2.24) is 0 Å². The molecule has 0 amide bonds.